The minimum Gasteiger partial charge on any atom is -0.496 e. The van der Waals surface area contributed by atoms with Crippen molar-refractivity contribution in [1.82, 2.24) is 4.90 Å². The fourth-order valence-corrected chi connectivity index (χ4v) is 4.79. The molecular weight excluding hydrogens is 549 g/mol. The fraction of sp³-hybridized carbons (Fsp3) is 0.161. The topological polar surface area (TPSA) is 75.0 Å². The summed E-state index contributed by atoms with van der Waals surface area (Å²) in [5.74, 6) is 1.42. The second kappa shape index (κ2) is 12.3. The summed E-state index contributed by atoms with van der Waals surface area (Å²) in [5, 5.41) is 4.02. The zero-order valence-electron chi connectivity index (χ0n) is 21.8. The Morgan fingerprint density at radius 1 is 0.875 bits per heavy atom. The summed E-state index contributed by atoms with van der Waals surface area (Å²) in [6, 6.07) is 23.7. The minimum atomic E-state index is -0.263. The Kier molecular flexibility index (Phi) is 8.43. The Labute approximate surface area is 242 Å². The average molecular weight is 576 g/mol. The molecule has 204 valence electrons. The average Bonchev–Trinajstić information content (AvgIpc) is 3.46. The summed E-state index contributed by atoms with van der Waals surface area (Å²) in [5.41, 5.74) is 3.07. The largest absolute Gasteiger partial charge is 0.496 e. The molecular formula is C31H27Cl2N3O4. The quantitative estimate of drug-likeness (QED) is 0.243. The second-order valence-electron chi connectivity index (χ2n) is 9.20. The highest BCUT2D eigenvalue weighted by atomic mass is 35.5. The Balaban J connectivity index is 1.13. The molecule has 0 aliphatic carbocycles. The van der Waals surface area contributed by atoms with Gasteiger partial charge in [-0.3, -0.25) is 9.59 Å². The van der Waals surface area contributed by atoms with E-state index in [9.17, 15) is 9.59 Å². The first-order valence-electron chi connectivity index (χ1n) is 12.7. The van der Waals surface area contributed by atoms with Crippen LogP contribution in [-0.2, 0) is 4.79 Å². The standard InChI is InChI=1S/C31H27Cl2N3O4/c1-39-29-13-6-23(33)20-27(29)31(38)36-18-16-35(17-19-36)25-9-7-24(8-10-25)34-30(37)15-12-26-11-14-28(40-26)21-2-4-22(32)5-3-21/h2-15,20H,16-19H2,1H3,(H,34,37)/b15-12+. The summed E-state index contributed by atoms with van der Waals surface area (Å²) < 4.78 is 11.1. The lowest BCUT2D eigenvalue weighted by atomic mass is 10.1. The van der Waals surface area contributed by atoms with Gasteiger partial charge in [0.25, 0.3) is 5.91 Å². The molecule has 1 saturated heterocycles. The van der Waals surface area contributed by atoms with Crippen LogP contribution in [0.5, 0.6) is 5.75 Å². The molecule has 4 aromatic rings. The highest BCUT2D eigenvalue weighted by Gasteiger charge is 2.24. The molecule has 0 radical (unpaired) electrons. The van der Waals surface area contributed by atoms with Crippen molar-refractivity contribution in [2.24, 2.45) is 0 Å². The van der Waals surface area contributed by atoms with E-state index in [1.165, 1.54) is 13.2 Å². The van der Waals surface area contributed by atoms with Crippen LogP contribution in [0.1, 0.15) is 16.1 Å². The Bertz CT molecular complexity index is 1520. The molecule has 0 unspecified atom stereocenters. The van der Waals surface area contributed by atoms with Crippen LogP contribution in [0.15, 0.2) is 89.4 Å². The van der Waals surface area contributed by atoms with Gasteiger partial charge in [-0.15, -0.1) is 0 Å². The number of halogens is 2. The Hall–Kier alpha value is -4.20. The van der Waals surface area contributed by atoms with Crippen molar-refractivity contribution in [2.45, 2.75) is 0 Å². The molecule has 1 aromatic heterocycles. The normalized spacial score (nSPS) is 13.5. The number of nitrogens with zero attached hydrogens (tertiary/aromatic N) is 2. The lowest BCUT2D eigenvalue weighted by molar-refractivity contribution is -0.111. The zero-order valence-corrected chi connectivity index (χ0v) is 23.3. The van der Waals surface area contributed by atoms with E-state index in [0.29, 0.717) is 64.7 Å². The molecule has 40 heavy (non-hydrogen) atoms. The number of carbonyl (C=O) groups excluding carboxylic acids is 2. The van der Waals surface area contributed by atoms with Crippen molar-refractivity contribution >= 4 is 52.5 Å². The predicted octanol–water partition coefficient (Wildman–Crippen LogP) is 6.88. The number of hydrogen-bond donors (Lipinski definition) is 1. The van der Waals surface area contributed by atoms with Gasteiger partial charge in [-0.25, -0.2) is 0 Å². The Morgan fingerprint density at radius 2 is 1.57 bits per heavy atom. The molecule has 1 aliphatic rings. The lowest BCUT2D eigenvalue weighted by Gasteiger charge is -2.36. The van der Waals surface area contributed by atoms with Gasteiger partial charge in [-0.05, 0) is 84.9 Å². The third-order valence-electron chi connectivity index (χ3n) is 6.61. The summed E-state index contributed by atoms with van der Waals surface area (Å²) in [7, 11) is 1.54. The molecule has 9 heteroatoms. The van der Waals surface area contributed by atoms with Crippen LogP contribution in [0, 0.1) is 0 Å². The number of amides is 2. The smallest absolute Gasteiger partial charge is 0.257 e. The van der Waals surface area contributed by atoms with E-state index in [0.717, 1.165) is 11.3 Å². The number of nitrogens with one attached hydrogen (secondary N) is 1. The monoisotopic (exact) mass is 575 g/mol. The molecule has 2 heterocycles. The highest BCUT2D eigenvalue weighted by molar-refractivity contribution is 6.31. The van der Waals surface area contributed by atoms with Gasteiger partial charge in [0.15, 0.2) is 0 Å². The van der Waals surface area contributed by atoms with Crippen molar-refractivity contribution in [2.75, 3.05) is 43.5 Å². The van der Waals surface area contributed by atoms with Gasteiger partial charge in [0.2, 0.25) is 5.91 Å². The number of carbonyl (C=O) groups is 2. The first-order chi connectivity index (χ1) is 19.4. The first-order valence-corrected chi connectivity index (χ1v) is 13.5. The van der Waals surface area contributed by atoms with E-state index < -0.39 is 0 Å². The first kappa shape index (κ1) is 27.4. The third kappa shape index (κ3) is 6.50. The maximum Gasteiger partial charge on any atom is 0.257 e. The van der Waals surface area contributed by atoms with Crippen LogP contribution in [0.2, 0.25) is 10.0 Å². The number of furan rings is 1. The molecule has 1 N–H and O–H groups in total. The zero-order chi connectivity index (χ0) is 28.1. The van der Waals surface area contributed by atoms with Gasteiger partial charge < -0.3 is 24.3 Å². The van der Waals surface area contributed by atoms with Crippen molar-refractivity contribution in [3.63, 3.8) is 0 Å². The number of piperazine rings is 1. The van der Waals surface area contributed by atoms with Crippen molar-refractivity contribution in [1.29, 1.82) is 0 Å². The molecule has 0 bridgehead atoms. The van der Waals surface area contributed by atoms with Crippen LogP contribution in [0.4, 0.5) is 11.4 Å². The highest BCUT2D eigenvalue weighted by Crippen LogP contribution is 2.27. The molecule has 1 aliphatic heterocycles. The van der Waals surface area contributed by atoms with Crippen LogP contribution < -0.4 is 15.0 Å². The van der Waals surface area contributed by atoms with Gasteiger partial charge in [0.1, 0.15) is 17.3 Å². The van der Waals surface area contributed by atoms with Crippen molar-refractivity contribution in [3.8, 4) is 17.1 Å². The molecule has 0 saturated carbocycles. The third-order valence-corrected chi connectivity index (χ3v) is 7.10. The van der Waals surface area contributed by atoms with Crippen molar-refractivity contribution < 1.29 is 18.7 Å². The predicted molar refractivity (Wildman–Crippen MR) is 159 cm³/mol. The molecule has 1 fully saturated rings. The van der Waals surface area contributed by atoms with E-state index in [1.807, 2.05) is 47.4 Å². The SMILES string of the molecule is COc1ccc(Cl)cc1C(=O)N1CCN(c2ccc(NC(=O)/C=C/c3ccc(-c4ccc(Cl)cc4)o3)cc2)CC1. The summed E-state index contributed by atoms with van der Waals surface area (Å²) in [4.78, 5) is 29.5. The molecule has 3 aromatic carbocycles. The molecule has 7 nitrogen and oxygen atoms in total. The van der Waals surface area contributed by atoms with E-state index in [2.05, 4.69) is 10.2 Å². The van der Waals surface area contributed by atoms with Crippen LogP contribution in [0.3, 0.4) is 0 Å². The minimum absolute atomic E-state index is 0.0964. The van der Waals surface area contributed by atoms with E-state index in [-0.39, 0.29) is 11.8 Å². The number of ether oxygens (including phenoxy) is 1. The number of rotatable bonds is 7. The Morgan fingerprint density at radius 3 is 2.27 bits per heavy atom. The maximum atomic E-state index is 13.1. The molecule has 0 spiro atoms. The number of benzene rings is 3. The van der Waals surface area contributed by atoms with Crippen LogP contribution >= 0.6 is 23.2 Å². The summed E-state index contributed by atoms with van der Waals surface area (Å²) in [6.45, 7) is 2.52. The fourth-order valence-electron chi connectivity index (χ4n) is 4.49. The van der Waals surface area contributed by atoms with E-state index in [1.54, 1.807) is 42.5 Å². The van der Waals surface area contributed by atoms with Gasteiger partial charge in [0.05, 0.1) is 12.7 Å². The number of anilines is 2. The lowest BCUT2D eigenvalue weighted by Crippen LogP contribution is -2.48. The number of hydrogen-bond acceptors (Lipinski definition) is 5. The molecule has 0 atom stereocenters. The van der Waals surface area contributed by atoms with Crippen LogP contribution in [0.25, 0.3) is 17.4 Å². The second-order valence-corrected chi connectivity index (χ2v) is 10.1. The summed E-state index contributed by atoms with van der Waals surface area (Å²) in [6.07, 6.45) is 3.06. The number of methoxy groups -OCH3 is 1. The molecule has 2 amide bonds. The van der Waals surface area contributed by atoms with Gasteiger partial charge in [-0.1, -0.05) is 23.2 Å². The maximum absolute atomic E-state index is 13.1. The van der Waals surface area contributed by atoms with Crippen LogP contribution in [-0.4, -0.2) is 50.0 Å². The summed E-state index contributed by atoms with van der Waals surface area (Å²) >= 11 is 12.0. The molecule has 5 rings (SSSR count). The van der Waals surface area contributed by atoms with Gasteiger partial charge >= 0.3 is 0 Å². The van der Waals surface area contributed by atoms with E-state index in [4.69, 9.17) is 32.4 Å². The van der Waals surface area contributed by atoms with Gasteiger partial charge in [-0.2, -0.15) is 0 Å². The van der Waals surface area contributed by atoms with E-state index >= 15 is 0 Å². The van der Waals surface area contributed by atoms with Crippen molar-refractivity contribution in [3.05, 3.63) is 106 Å². The van der Waals surface area contributed by atoms with Gasteiger partial charge in [0, 0.05) is 59.2 Å².